The van der Waals surface area contributed by atoms with Gasteiger partial charge in [-0.3, -0.25) is 24.7 Å². The Balaban J connectivity index is 1.69. The van der Waals surface area contributed by atoms with Crippen LogP contribution in [0.5, 0.6) is 0 Å². The summed E-state index contributed by atoms with van der Waals surface area (Å²) in [6.07, 6.45) is 4.14. The Hall–Kier alpha value is -3.52. The molecule has 1 aliphatic heterocycles. The number of nitrogens with one attached hydrogen (secondary N) is 2. The van der Waals surface area contributed by atoms with E-state index in [0.717, 1.165) is 5.56 Å². The van der Waals surface area contributed by atoms with Crippen molar-refractivity contribution in [1.29, 1.82) is 0 Å². The molecule has 1 heterocycles. The van der Waals surface area contributed by atoms with Crippen LogP contribution in [0.15, 0.2) is 53.5 Å². The van der Waals surface area contributed by atoms with Gasteiger partial charge < -0.3 is 10.6 Å². The minimum Gasteiger partial charge on any atom is -0.336 e. The predicted octanol–water partition coefficient (Wildman–Crippen LogP) is 3.10. The number of hydrogen-bond acceptors (Lipinski definition) is 5. The summed E-state index contributed by atoms with van der Waals surface area (Å²) in [5.74, 6) is -1.04. The average molecular weight is 385 g/mol. The Morgan fingerprint density at radius 1 is 1.26 bits per heavy atom. The van der Waals surface area contributed by atoms with Crippen molar-refractivity contribution in [2.75, 3.05) is 5.32 Å². The maximum Gasteiger partial charge on any atom is 0.271 e. The number of non-ortho nitro benzene ring substituents is 1. The zero-order valence-electron chi connectivity index (χ0n) is 13.8. The lowest BCUT2D eigenvalue weighted by Crippen LogP contribution is -2.43. The number of fused-ring (bicyclic) bond motifs is 1. The zero-order chi connectivity index (χ0) is 19.4. The SMILES string of the molecule is O=C(/C=C/c1ccc(Cl)cc1)N[C@@H]1C=Nc2ccc([N+](=O)[O-])cc2NC1=O. The largest absolute Gasteiger partial charge is 0.336 e. The number of benzene rings is 2. The van der Waals surface area contributed by atoms with E-state index in [-0.39, 0.29) is 11.4 Å². The maximum absolute atomic E-state index is 12.3. The summed E-state index contributed by atoms with van der Waals surface area (Å²) in [6.45, 7) is 0. The highest BCUT2D eigenvalue weighted by Crippen LogP contribution is 2.30. The molecule has 8 nitrogen and oxygen atoms in total. The smallest absolute Gasteiger partial charge is 0.271 e. The molecule has 27 heavy (non-hydrogen) atoms. The highest BCUT2D eigenvalue weighted by Gasteiger charge is 2.23. The van der Waals surface area contributed by atoms with Crippen LogP contribution in [-0.2, 0) is 9.59 Å². The van der Waals surface area contributed by atoms with Gasteiger partial charge in [0.25, 0.3) is 11.6 Å². The second-order valence-corrected chi connectivity index (χ2v) is 6.03. The molecule has 2 aromatic rings. The van der Waals surface area contributed by atoms with E-state index in [0.29, 0.717) is 10.7 Å². The van der Waals surface area contributed by atoms with Crippen molar-refractivity contribution in [2.45, 2.75) is 6.04 Å². The van der Waals surface area contributed by atoms with Crippen molar-refractivity contribution in [1.82, 2.24) is 5.32 Å². The molecule has 0 bridgehead atoms. The molecular weight excluding hydrogens is 372 g/mol. The fourth-order valence-electron chi connectivity index (χ4n) is 2.33. The normalized spacial score (nSPS) is 15.7. The van der Waals surface area contributed by atoms with E-state index >= 15 is 0 Å². The topological polar surface area (TPSA) is 114 Å². The van der Waals surface area contributed by atoms with Gasteiger partial charge in [0.2, 0.25) is 5.91 Å². The van der Waals surface area contributed by atoms with E-state index in [1.807, 2.05) is 0 Å². The van der Waals surface area contributed by atoms with Crippen molar-refractivity contribution in [3.8, 4) is 0 Å². The van der Waals surface area contributed by atoms with Crippen LogP contribution in [-0.4, -0.2) is 29.0 Å². The molecule has 2 aromatic carbocycles. The summed E-state index contributed by atoms with van der Waals surface area (Å²) in [7, 11) is 0. The molecule has 0 saturated heterocycles. The van der Waals surface area contributed by atoms with Gasteiger partial charge in [-0.2, -0.15) is 0 Å². The van der Waals surface area contributed by atoms with Gasteiger partial charge in [-0.1, -0.05) is 23.7 Å². The number of nitrogens with zero attached hydrogens (tertiary/aromatic N) is 2. The molecule has 0 saturated carbocycles. The fraction of sp³-hybridized carbons (Fsp3) is 0.0556. The van der Waals surface area contributed by atoms with Gasteiger partial charge in [-0.25, -0.2) is 0 Å². The standard InChI is InChI=1S/C18H13ClN4O4/c19-12-4-1-11(2-5-12)3-8-17(24)21-16-10-20-14-7-6-13(23(26)27)9-15(14)22-18(16)25/h1-10,16H,(H,21,24)(H,22,25)/b8-3+/t16-/m1/s1. The maximum atomic E-state index is 12.3. The van der Waals surface area contributed by atoms with Gasteiger partial charge in [0.15, 0.2) is 0 Å². The number of carbonyl (C=O) groups excluding carboxylic acids is 2. The average Bonchev–Trinajstić information content (AvgIpc) is 2.79. The van der Waals surface area contributed by atoms with Gasteiger partial charge in [-0.05, 0) is 29.8 Å². The molecule has 9 heteroatoms. The zero-order valence-corrected chi connectivity index (χ0v) is 14.5. The summed E-state index contributed by atoms with van der Waals surface area (Å²) >= 11 is 5.80. The van der Waals surface area contributed by atoms with Crippen molar-refractivity contribution in [2.24, 2.45) is 4.99 Å². The van der Waals surface area contributed by atoms with Crippen molar-refractivity contribution in [3.05, 3.63) is 69.2 Å². The fourth-order valence-corrected chi connectivity index (χ4v) is 2.46. The third-order valence-corrected chi connectivity index (χ3v) is 3.94. The number of aliphatic imine (C=N–C) groups is 1. The Morgan fingerprint density at radius 3 is 2.70 bits per heavy atom. The Bertz CT molecular complexity index is 970. The number of rotatable bonds is 4. The van der Waals surface area contributed by atoms with Gasteiger partial charge >= 0.3 is 0 Å². The first kappa shape index (κ1) is 18.3. The van der Waals surface area contributed by atoms with Crippen LogP contribution < -0.4 is 10.6 Å². The number of nitro benzene ring substituents is 1. The van der Waals surface area contributed by atoms with Crippen molar-refractivity contribution >= 4 is 52.8 Å². The first-order chi connectivity index (χ1) is 12.9. The van der Waals surface area contributed by atoms with E-state index in [2.05, 4.69) is 15.6 Å². The monoisotopic (exact) mass is 384 g/mol. The second-order valence-electron chi connectivity index (χ2n) is 5.60. The van der Waals surface area contributed by atoms with Crippen molar-refractivity contribution < 1.29 is 14.5 Å². The molecule has 0 spiro atoms. The van der Waals surface area contributed by atoms with E-state index < -0.39 is 22.8 Å². The Morgan fingerprint density at radius 2 is 2.00 bits per heavy atom. The van der Waals surface area contributed by atoms with Crippen molar-refractivity contribution in [3.63, 3.8) is 0 Å². The lowest BCUT2D eigenvalue weighted by atomic mass is 10.2. The molecule has 1 atom stereocenters. The second kappa shape index (κ2) is 7.79. The number of amides is 2. The summed E-state index contributed by atoms with van der Waals surface area (Å²) in [4.78, 5) is 38.8. The predicted molar refractivity (Wildman–Crippen MR) is 102 cm³/mol. The molecular formula is C18H13ClN4O4. The van der Waals surface area contributed by atoms with Crippen LogP contribution in [0.2, 0.25) is 5.02 Å². The summed E-state index contributed by atoms with van der Waals surface area (Å²) < 4.78 is 0. The van der Waals surface area contributed by atoms with Crippen LogP contribution >= 0.6 is 11.6 Å². The van der Waals surface area contributed by atoms with Crippen LogP contribution in [0.3, 0.4) is 0 Å². The molecule has 2 N–H and O–H groups in total. The van der Waals surface area contributed by atoms with Crippen LogP contribution in [0.4, 0.5) is 17.1 Å². The number of nitro groups is 1. The van der Waals surface area contributed by atoms with E-state index in [4.69, 9.17) is 11.6 Å². The van der Waals surface area contributed by atoms with Gasteiger partial charge in [-0.15, -0.1) is 0 Å². The number of halogens is 1. The first-order valence-electron chi connectivity index (χ1n) is 7.80. The van der Waals surface area contributed by atoms with Gasteiger partial charge in [0.05, 0.1) is 16.3 Å². The molecule has 0 aliphatic carbocycles. The molecule has 0 fully saturated rings. The molecule has 3 rings (SSSR count). The first-order valence-corrected chi connectivity index (χ1v) is 8.18. The minimum atomic E-state index is -1.01. The third-order valence-electron chi connectivity index (χ3n) is 3.69. The summed E-state index contributed by atoms with van der Waals surface area (Å²) in [5.41, 5.74) is 1.17. The molecule has 1 aliphatic rings. The van der Waals surface area contributed by atoms with Gasteiger partial charge in [0, 0.05) is 29.4 Å². The quantitative estimate of drug-likeness (QED) is 0.479. The van der Waals surface area contributed by atoms with Crippen LogP contribution in [0.25, 0.3) is 6.08 Å². The minimum absolute atomic E-state index is 0.169. The van der Waals surface area contributed by atoms with Gasteiger partial charge in [0.1, 0.15) is 6.04 Å². The number of hydrogen-bond donors (Lipinski definition) is 2. The highest BCUT2D eigenvalue weighted by atomic mass is 35.5. The Labute approximate surface area is 158 Å². The molecule has 0 unspecified atom stereocenters. The van der Waals surface area contributed by atoms with Crippen LogP contribution in [0.1, 0.15) is 5.56 Å². The van der Waals surface area contributed by atoms with E-state index in [1.54, 1.807) is 30.3 Å². The number of anilines is 1. The lowest BCUT2D eigenvalue weighted by Gasteiger charge is -2.11. The number of carbonyl (C=O) groups is 2. The molecule has 2 amide bonds. The van der Waals surface area contributed by atoms with E-state index in [9.17, 15) is 19.7 Å². The van der Waals surface area contributed by atoms with Crippen LogP contribution in [0, 0.1) is 10.1 Å². The van der Waals surface area contributed by atoms with E-state index in [1.165, 1.54) is 30.5 Å². The molecule has 0 aromatic heterocycles. The summed E-state index contributed by atoms with van der Waals surface area (Å²) in [5, 5.41) is 16.5. The molecule has 136 valence electrons. The molecule has 0 radical (unpaired) electrons. The lowest BCUT2D eigenvalue weighted by molar-refractivity contribution is -0.384. The third kappa shape index (κ3) is 4.56. The highest BCUT2D eigenvalue weighted by molar-refractivity contribution is 6.30. The summed E-state index contributed by atoms with van der Waals surface area (Å²) in [6, 6.07) is 9.80. The Kier molecular flexibility index (Phi) is 5.28.